The maximum absolute atomic E-state index is 14.0. The van der Waals surface area contributed by atoms with Gasteiger partial charge in [0.15, 0.2) is 0 Å². The molecule has 4 nitrogen and oxygen atoms in total. The van der Waals surface area contributed by atoms with Crippen LogP contribution in [-0.2, 0) is 4.74 Å². The van der Waals surface area contributed by atoms with Gasteiger partial charge in [0.05, 0.1) is 18.3 Å². The van der Waals surface area contributed by atoms with Gasteiger partial charge in [0.2, 0.25) is 0 Å². The number of rotatable bonds is 2. The van der Waals surface area contributed by atoms with E-state index in [2.05, 4.69) is 0 Å². The van der Waals surface area contributed by atoms with Crippen molar-refractivity contribution in [2.24, 2.45) is 0 Å². The molecule has 1 heterocycles. The van der Waals surface area contributed by atoms with Crippen LogP contribution in [0, 0.1) is 12.7 Å². The Bertz CT molecular complexity index is 491. The minimum Gasteiger partial charge on any atom is -0.399 e. The van der Waals surface area contributed by atoms with Crippen molar-refractivity contribution < 1.29 is 13.9 Å². The van der Waals surface area contributed by atoms with Crippen molar-refractivity contribution in [3.63, 3.8) is 0 Å². The van der Waals surface area contributed by atoms with Gasteiger partial charge in [-0.25, -0.2) is 4.39 Å². The molecule has 1 aromatic carbocycles. The van der Waals surface area contributed by atoms with Crippen molar-refractivity contribution >= 4 is 11.6 Å². The van der Waals surface area contributed by atoms with Gasteiger partial charge < -0.3 is 15.4 Å². The van der Waals surface area contributed by atoms with Crippen molar-refractivity contribution in [2.75, 3.05) is 25.4 Å². The fourth-order valence-electron chi connectivity index (χ4n) is 2.27. The summed E-state index contributed by atoms with van der Waals surface area (Å²) in [6.45, 7) is 5.10. The van der Waals surface area contributed by atoms with Crippen LogP contribution in [0.15, 0.2) is 12.1 Å². The summed E-state index contributed by atoms with van der Waals surface area (Å²) >= 11 is 0. The lowest BCUT2D eigenvalue weighted by atomic mass is 10.1. The maximum atomic E-state index is 14.0. The second-order valence-corrected chi connectivity index (χ2v) is 4.85. The van der Waals surface area contributed by atoms with Crippen LogP contribution >= 0.6 is 0 Å². The molecule has 104 valence electrons. The largest absolute Gasteiger partial charge is 0.399 e. The van der Waals surface area contributed by atoms with Crippen LogP contribution in [0.3, 0.4) is 0 Å². The minimum absolute atomic E-state index is 0.0305. The Balaban J connectivity index is 2.24. The Morgan fingerprint density at radius 2 is 2.32 bits per heavy atom. The lowest BCUT2D eigenvalue weighted by molar-refractivity contribution is -0.0227. The predicted molar refractivity (Wildman–Crippen MR) is 71.5 cm³/mol. The van der Waals surface area contributed by atoms with Crippen LogP contribution in [0.4, 0.5) is 10.1 Å². The summed E-state index contributed by atoms with van der Waals surface area (Å²) in [5.74, 6) is -0.798. The zero-order valence-corrected chi connectivity index (χ0v) is 11.3. The number of morpholine rings is 1. The van der Waals surface area contributed by atoms with Gasteiger partial charge >= 0.3 is 0 Å². The third kappa shape index (κ3) is 2.87. The van der Waals surface area contributed by atoms with E-state index in [4.69, 9.17) is 10.5 Å². The molecular formula is C14H19FN2O2. The molecule has 1 saturated heterocycles. The molecule has 1 atom stereocenters. The zero-order chi connectivity index (χ0) is 14.0. The van der Waals surface area contributed by atoms with Gasteiger partial charge in [-0.3, -0.25) is 4.79 Å². The fourth-order valence-corrected chi connectivity index (χ4v) is 2.27. The molecule has 1 aromatic rings. The SMILES string of the molecule is CCC1CN(C(=O)c2cc(N)cc(C)c2F)CCO1. The Morgan fingerprint density at radius 3 is 3.00 bits per heavy atom. The highest BCUT2D eigenvalue weighted by atomic mass is 19.1. The molecule has 1 amide bonds. The number of halogens is 1. The monoisotopic (exact) mass is 266 g/mol. The van der Waals surface area contributed by atoms with Crippen molar-refractivity contribution in [2.45, 2.75) is 26.4 Å². The number of ether oxygens (including phenoxy) is 1. The third-order valence-corrected chi connectivity index (χ3v) is 3.39. The van der Waals surface area contributed by atoms with Gasteiger partial charge in [-0.15, -0.1) is 0 Å². The highest BCUT2D eigenvalue weighted by Crippen LogP contribution is 2.20. The van der Waals surface area contributed by atoms with E-state index in [0.717, 1.165) is 6.42 Å². The molecule has 1 unspecified atom stereocenters. The number of amides is 1. The lowest BCUT2D eigenvalue weighted by Gasteiger charge is -2.32. The maximum Gasteiger partial charge on any atom is 0.257 e. The van der Waals surface area contributed by atoms with Gasteiger partial charge in [-0.2, -0.15) is 0 Å². The van der Waals surface area contributed by atoms with Gasteiger partial charge in [0.25, 0.3) is 5.91 Å². The van der Waals surface area contributed by atoms with E-state index < -0.39 is 5.82 Å². The summed E-state index contributed by atoms with van der Waals surface area (Å²) in [5, 5.41) is 0. The first kappa shape index (κ1) is 13.8. The van der Waals surface area contributed by atoms with Crippen molar-refractivity contribution in [1.29, 1.82) is 0 Å². The number of benzene rings is 1. The molecule has 5 heteroatoms. The van der Waals surface area contributed by atoms with Gasteiger partial charge in [0, 0.05) is 18.8 Å². The van der Waals surface area contributed by atoms with Gasteiger partial charge in [0.1, 0.15) is 5.82 Å². The minimum atomic E-state index is -0.487. The molecule has 19 heavy (non-hydrogen) atoms. The highest BCUT2D eigenvalue weighted by Gasteiger charge is 2.26. The average Bonchev–Trinajstić information content (AvgIpc) is 2.42. The number of hydrogen-bond donors (Lipinski definition) is 1. The first-order valence-electron chi connectivity index (χ1n) is 6.49. The predicted octanol–water partition coefficient (Wildman–Crippen LogP) is 1.97. The number of hydrogen-bond acceptors (Lipinski definition) is 3. The molecule has 0 bridgehead atoms. The Kier molecular flexibility index (Phi) is 4.04. The van der Waals surface area contributed by atoms with Crippen molar-refractivity contribution in [1.82, 2.24) is 4.90 Å². The van der Waals surface area contributed by atoms with Crippen LogP contribution in [-0.4, -0.2) is 36.6 Å². The standard InChI is InChI=1S/C14H19FN2O2/c1-3-11-8-17(4-5-19-11)14(18)12-7-10(16)6-9(2)13(12)15/h6-7,11H,3-5,8,16H2,1-2H3. The molecule has 0 spiro atoms. The molecule has 0 aromatic heterocycles. The summed E-state index contributed by atoms with van der Waals surface area (Å²) in [5.41, 5.74) is 6.53. The fraction of sp³-hybridized carbons (Fsp3) is 0.500. The van der Waals surface area contributed by atoms with E-state index in [9.17, 15) is 9.18 Å². The quantitative estimate of drug-likeness (QED) is 0.833. The molecule has 1 aliphatic rings. The summed E-state index contributed by atoms with van der Waals surface area (Å²) < 4.78 is 19.5. The van der Waals surface area contributed by atoms with E-state index in [0.29, 0.717) is 30.9 Å². The van der Waals surface area contributed by atoms with Crippen LogP contribution in [0.5, 0.6) is 0 Å². The molecule has 1 fully saturated rings. The summed E-state index contributed by atoms with van der Waals surface area (Å²) in [6, 6.07) is 2.93. The molecule has 0 radical (unpaired) electrons. The number of carbonyl (C=O) groups excluding carboxylic acids is 1. The molecule has 0 aliphatic carbocycles. The molecular weight excluding hydrogens is 247 g/mol. The first-order valence-corrected chi connectivity index (χ1v) is 6.49. The Labute approximate surface area is 112 Å². The number of anilines is 1. The third-order valence-electron chi connectivity index (χ3n) is 3.39. The van der Waals surface area contributed by atoms with Crippen LogP contribution in [0.25, 0.3) is 0 Å². The smallest absolute Gasteiger partial charge is 0.257 e. The Hall–Kier alpha value is -1.62. The highest BCUT2D eigenvalue weighted by molar-refractivity contribution is 5.95. The van der Waals surface area contributed by atoms with Crippen molar-refractivity contribution in [3.8, 4) is 0 Å². The molecule has 1 aliphatic heterocycles. The number of nitrogens with two attached hydrogens (primary N) is 1. The van der Waals surface area contributed by atoms with E-state index in [1.165, 1.54) is 12.1 Å². The van der Waals surface area contributed by atoms with Crippen molar-refractivity contribution in [3.05, 3.63) is 29.1 Å². The van der Waals surface area contributed by atoms with E-state index in [1.54, 1.807) is 11.8 Å². The number of aryl methyl sites for hydroxylation is 1. The summed E-state index contributed by atoms with van der Waals surface area (Å²) in [7, 11) is 0. The molecule has 2 rings (SSSR count). The number of nitrogen functional groups attached to an aromatic ring is 1. The van der Waals surface area contributed by atoms with Gasteiger partial charge in [-0.05, 0) is 31.0 Å². The summed E-state index contributed by atoms with van der Waals surface area (Å²) in [6.07, 6.45) is 0.866. The zero-order valence-electron chi connectivity index (χ0n) is 11.3. The van der Waals surface area contributed by atoms with Gasteiger partial charge in [-0.1, -0.05) is 6.92 Å². The lowest BCUT2D eigenvalue weighted by Crippen LogP contribution is -2.45. The van der Waals surface area contributed by atoms with E-state index in [1.807, 2.05) is 6.92 Å². The molecule has 0 saturated carbocycles. The van der Waals surface area contributed by atoms with E-state index in [-0.39, 0.29) is 17.6 Å². The van der Waals surface area contributed by atoms with Crippen LogP contribution < -0.4 is 5.73 Å². The molecule has 2 N–H and O–H groups in total. The topological polar surface area (TPSA) is 55.6 Å². The number of nitrogens with zero attached hydrogens (tertiary/aromatic N) is 1. The summed E-state index contributed by atoms with van der Waals surface area (Å²) in [4.78, 5) is 14.0. The van der Waals surface area contributed by atoms with Crippen LogP contribution in [0.2, 0.25) is 0 Å². The first-order chi connectivity index (χ1) is 9.02. The normalized spacial score (nSPS) is 19.5. The van der Waals surface area contributed by atoms with Crippen LogP contribution in [0.1, 0.15) is 29.3 Å². The Morgan fingerprint density at radius 1 is 1.58 bits per heavy atom. The van der Waals surface area contributed by atoms with E-state index >= 15 is 0 Å². The second-order valence-electron chi connectivity index (χ2n) is 4.85. The average molecular weight is 266 g/mol. The second kappa shape index (κ2) is 5.57. The number of carbonyl (C=O) groups is 1.